The van der Waals surface area contributed by atoms with Gasteiger partial charge >= 0.3 is 0 Å². The predicted octanol–water partition coefficient (Wildman–Crippen LogP) is 9.25. The molecule has 1 heterocycles. The molecule has 0 N–H and O–H groups in total. The van der Waals surface area contributed by atoms with Gasteiger partial charge in [-0.15, -0.1) is 11.3 Å². The number of thiophene rings is 1. The summed E-state index contributed by atoms with van der Waals surface area (Å²) in [4.78, 5) is 15.9. The Morgan fingerprint density at radius 3 is 1.43 bits per heavy atom. The van der Waals surface area contributed by atoms with Crippen molar-refractivity contribution < 1.29 is 4.79 Å². The smallest absolute Gasteiger partial charge is 0.263 e. The van der Waals surface area contributed by atoms with Gasteiger partial charge in [-0.3, -0.25) is 4.79 Å². The second-order valence-corrected chi connectivity index (χ2v) is 9.87. The zero-order valence-corrected chi connectivity index (χ0v) is 21.0. The van der Waals surface area contributed by atoms with Gasteiger partial charge in [0, 0.05) is 13.1 Å². The van der Waals surface area contributed by atoms with E-state index in [1.807, 2.05) is 17.5 Å². The number of rotatable bonds is 21. The molecule has 0 radical (unpaired) electrons. The molecule has 0 saturated carbocycles. The molecule has 0 fully saturated rings. The van der Waals surface area contributed by atoms with E-state index in [2.05, 4.69) is 18.7 Å². The van der Waals surface area contributed by atoms with Gasteiger partial charge in [-0.05, 0) is 24.3 Å². The van der Waals surface area contributed by atoms with Crippen LogP contribution in [0.4, 0.5) is 0 Å². The van der Waals surface area contributed by atoms with Gasteiger partial charge in [0.2, 0.25) is 0 Å². The van der Waals surface area contributed by atoms with E-state index < -0.39 is 0 Å². The van der Waals surface area contributed by atoms with Gasteiger partial charge in [-0.2, -0.15) is 0 Å². The van der Waals surface area contributed by atoms with E-state index in [-0.39, 0.29) is 5.91 Å². The lowest BCUT2D eigenvalue weighted by Gasteiger charge is -2.22. The van der Waals surface area contributed by atoms with E-state index in [1.54, 1.807) is 11.3 Å². The molecule has 0 atom stereocenters. The number of hydrogen-bond donors (Lipinski definition) is 0. The molecule has 2 nitrogen and oxygen atoms in total. The van der Waals surface area contributed by atoms with Gasteiger partial charge in [0.1, 0.15) is 0 Å². The van der Waals surface area contributed by atoms with E-state index in [0.29, 0.717) is 0 Å². The van der Waals surface area contributed by atoms with Crippen molar-refractivity contribution in [3.63, 3.8) is 0 Å². The molecule has 1 amide bonds. The van der Waals surface area contributed by atoms with Crippen molar-refractivity contribution in [3.05, 3.63) is 22.4 Å². The van der Waals surface area contributed by atoms with E-state index in [1.165, 1.54) is 103 Å². The highest BCUT2D eigenvalue weighted by molar-refractivity contribution is 7.12. The first-order chi connectivity index (χ1) is 14.8. The molecule has 0 unspecified atom stereocenters. The summed E-state index contributed by atoms with van der Waals surface area (Å²) < 4.78 is 0. The van der Waals surface area contributed by atoms with E-state index in [4.69, 9.17) is 0 Å². The molecule has 0 aliphatic carbocycles. The van der Waals surface area contributed by atoms with Crippen LogP contribution in [0.1, 0.15) is 139 Å². The monoisotopic (exact) mass is 435 g/mol. The van der Waals surface area contributed by atoms with Crippen LogP contribution >= 0.6 is 11.3 Å². The van der Waals surface area contributed by atoms with Crippen molar-refractivity contribution >= 4 is 17.2 Å². The standard InChI is InChI=1S/C27H49NOS/c1-3-5-7-9-11-13-15-17-19-23-28(27(29)26-22-21-25-30-26)24-20-18-16-14-12-10-8-6-4-2/h21-22,25H,3-20,23-24H2,1-2H3. The van der Waals surface area contributed by atoms with Crippen LogP contribution in [0.15, 0.2) is 17.5 Å². The molecule has 30 heavy (non-hydrogen) atoms. The summed E-state index contributed by atoms with van der Waals surface area (Å²) in [6.45, 7) is 6.42. The van der Waals surface area contributed by atoms with Crippen molar-refractivity contribution in [2.24, 2.45) is 0 Å². The fourth-order valence-electron chi connectivity index (χ4n) is 4.10. The van der Waals surface area contributed by atoms with Gasteiger partial charge < -0.3 is 4.90 Å². The summed E-state index contributed by atoms with van der Waals surface area (Å²) in [5.41, 5.74) is 0. The molecule has 0 aromatic carbocycles. The van der Waals surface area contributed by atoms with Crippen molar-refractivity contribution in [2.45, 2.75) is 129 Å². The van der Waals surface area contributed by atoms with Crippen molar-refractivity contribution in [3.8, 4) is 0 Å². The highest BCUT2D eigenvalue weighted by Gasteiger charge is 2.15. The lowest BCUT2D eigenvalue weighted by molar-refractivity contribution is 0.0754. The van der Waals surface area contributed by atoms with Crippen LogP contribution < -0.4 is 0 Å². The van der Waals surface area contributed by atoms with Crippen LogP contribution in [0.25, 0.3) is 0 Å². The molecule has 0 aliphatic rings. The molecular formula is C27H49NOS. The highest BCUT2D eigenvalue weighted by atomic mass is 32.1. The molecule has 0 saturated heterocycles. The van der Waals surface area contributed by atoms with Crippen molar-refractivity contribution in [1.29, 1.82) is 0 Å². The average Bonchev–Trinajstić information content (AvgIpc) is 3.30. The molecule has 1 aromatic heterocycles. The van der Waals surface area contributed by atoms with Gasteiger partial charge in [0.15, 0.2) is 0 Å². The fourth-order valence-corrected chi connectivity index (χ4v) is 4.79. The lowest BCUT2D eigenvalue weighted by atomic mass is 10.1. The third kappa shape index (κ3) is 14.2. The van der Waals surface area contributed by atoms with Crippen LogP contribution in [0, 0.1) is 0 Å². The molecule has 0 bridgehead atoms. The zero-order chi connectivity index (χ0) is 21.7. The maximum atomic E-state index is 12.9. The van der Waals surface area contributed by atoms with E-state index in [9.17, 15) is 4.79 Å². The molecule has 3 heteroatoms. The first-order valence-electron chi connectivity index (χ1n) is 13.1. The van der Waals surface area contributed by atoms with Crippen LogP contribution in [0.3, 0.4) is 0 Å². The Hall–Kier alpha value is -0.830. The SMILES string of the molecule is CCCCCCCCCCCN(CCCCCCCCCCC)C(=O)c1cccs1. The minimum absolute atomic E-state index is 0.254. The topological polar surface area (TPSA) is 20.3 Å². The lowest BCUT2D eigenvalue weighted by Crippen LogP contribution is -2.32. The Bertz CT molecular complexity index is 463. The number of amides is 1. The van der Waals surface area contributed by atoms with Crippen molar-refractivity contribution in [2.75, 3.05) is 13.1 Å². The summed E-state index contributed by atoms with van der Waals surface area (Å²) in [7, 11) is 0. The number of nitrogens with zero attached hydrogens (tertiary/aromatic N) is 1. The van der Waals surface area contributed by atoms with Crippen LogP contribution in [0.5, 0.6) is 0 Å². The van der Waals surface area contributed by atoms with Gasteiger partial charge in [0.25, 0.3) is 5.91 Å². The van der Waals surface area contributed by atoms with Gasteiger partial charge in [0.05, 0.1) is 4.88 Å². The number of carbonyl (C=O) groups is 1. The van der Waals surface area contributed by atoms with Crippen LogP contribution in [-0.2, 0) is 0 Å². The van der Waals surface area contributed by atoms with Gasteiger partial charge in [-0.1, -0.05) is 123 Å². The maximum Gasteiger partial charge on any atom is 0.263 e. The summed E-state index contributed by atoms with van der Waals surface area (Å²) >= 11 is 1.58. The fraction of sp³-hybridized carbons (Fsp3) is 0.815. The Morgan fingerprint density at radius 1 is 0.667 bits per heavy atom. The second-order valence-electron chi connectivity index (χ2n) is 8.93. The summed E-state index contributed by atoms with van der Waals surface area (Å²) in [5, 5.41) is 2.02. The Balaban J connectivity index is 2.18. The average molecular weight is 436 g/mol. The summed E-state index contributed by atoms with van der Waals surface area (Å²) in [5.74, 6) is 0.254. The normalized spacial score (nSPS) is 11.1. The minimum Gasteiger partial charge on any atom is -0.338 e. The molecule has 1 aromatic rings. The van der Waals surface area contributed by atoms with Crippen molar-refractivity contribution in [1.82, 2.24) is 4.90 Å². The molecule has 174 valence electrons. The van der Waals surface area contributed by atoms with E-state index in [0.717, 1.165) is 30.8 Å². The minimum atomic E-state index is 0.254. The van der Waals surface area contributed by atoms with E-state index >= 15 is 0 Å². The molecule has 0 aliphatic heterocycles. The molecular weight excluding hydrogens is 386 g/mol. The number of carbonyl (C=O) groups excluding carboxylic acids is 1. The first-order valence-corrected chi connectivity index (χ1v) is 14.0. The quantitative estimate of drug-likeness (QED) is 0.176. The Labute approximate surface area is 191 Å². The molecule has 0 spiro atoms. The third-order valence-electron chi connectivity index (χ3n) is 6.08. The number of unbranched alkanes of at least 4 members (excludes halogenated alkanes) is 16. The first kappa shape index (κ1) is 27.2. The maximum absolute atomic E-state index is 12.9. The largest absolute Gasteiger partial charge is 0.338 e. The second kappa shape index (κ2) is 20.1. The molecule has 1 rings (SSSR count). The highest BCUT2D eigenvalue weighted by Crippen LogP contribution is 2.16. The predicted molar refractivity (Wildman–Crippen MR) is 135 cm³/mol. The van der Waals surface area contributed by atoms with Gasteiger partial charge in [-0.25, -0.2) is 0 Å². The van der Waals surface area contributed by atoms with Crippen LogP contribution in [-0.4, -0.2) is 23.9 Å². The summed E-state index contributed by atoms with van der Waals surface area (Å²) in [6.07, 6.45) is 24.0. The Morgan fingerprint density at radius 2 is 1.07 bits per heavy atom. The summed E-state index contributed by atoms with van der Waals surface area (Å²) in [6, 6.07) is 3.97. The Kier molecular flexibility index (Phi) is 18.2. The zero-order valence-electron chi connectivity index (χ0n) is 20.1. The third-order valence-corrected chi connectivity index (χ3v) is 6.94. The number of hydrogen-bond acceptors (Lipinski definition) is 2. The van der Waals surface area contributed by atoms with Crippen LogP contribution in [0.2, 0.25) is 0 Å².